The zero-order valence-electron chi connectivity index (χ0n) is 14.9. The first-order valence-corrected chi connectivity index (χ1v) is 8.67. The summed E-state index contributed by atoms with van der Waals surface area (Å²) in [5, 5.41) is 3.20. The molecule has 1 aromatic rings. The maximum absolute atomic E-state index is 12.9. The van der Waals surface area contributed by atoms with Gasteiger partial charge in [0.15, 0.2) is 0 Å². The van der Waals surface area contributed by atoms with Crippen molar-refractivity contribution in [1.29, 1.82) is 0 Å². The Labute approximate surface area is 147 Å². The van der Waals surface area contributed by atoms with E-state index in [-0.39, 0.29) is 24.4 Å². The fraction of sp³-hybridized carbons (Fsp3) is 0.632. The summed E-state index contributed by atoms with van der Waals surface area (Å²) in [4.78, 5) is 15.2. The van der Waals surface area contributed by atoms with Crippen LogP contribution in [-0.2, 0) is 4.79 Å². The highest BCUT2D eigenvalue weighted by atomic mass is 35.5. The number of aryl methyl sites for hydroxylation is 2. The zero-order chi connectivity index (χ0) is 16.1. The third kappa shape index (κ3) is 4.95. The Bertz CT molecular complexity index is 498. The molecule has 0 bridgehead atoms. The molecular weight excluding hydrogens is 308 g/mol. The first-order chi connectivity index (χ1) is 10.6. The van der Waals surface area contributed by atoms with Crippen molar-refractivity contribution in [3.63, 3.8) is 0 Å². The molecule has 1 aliphatic heterocycles. The number of piperidine rings is 1. The third-order valence-electron chi connectivity index (χ3n) is 4.94. The van der Waals surface area contributed by atoms with Crippen molar-refractivity contribution in [3.05, 3.63) is 29.3 Å². The van der Waals surface area contributed by atoms with Crippen LogP contribution in [0.3, 0.4) is 0 Å². The molecule has 0 unspecified atom stereocenters. The SMILES string of the molecule is CCCN1CC[C@@H](CC)C[C@H]1C(=O)Nc1c(C)cccc1C.Cl. The summed E-state index contributed by atoms with van der Waals surface area (Å²) >= 11 is 0. The van der Waals surface area contributed by atoms with Crippen molar-refractivity contribution >= 4 is 24.0 Å². The molecule has 23 heavy (non-hydrogen) atoms. The lowest BCUT2D eigenvalue weighted by atomic mass is 9.88. The smallest absolute Gasteiger partial charge is 0.241 e. The Kier molecular flexibility index (Phi) is 8.07. The van der Waals surface area contributed by atoms with Crippen LogP contribution in [0.1, 0.15) is 50.7 Å². The lowest BCUT2D eigenvalue weighted by Gasteiger charge is -2.38. The highest BCUT2D eigenvalue weighted by molar-refractivity contribution is 5.96. The predicted octanol–water partition coefficient (Wildman–Crippen LogP) is 4.56. The van der Waals surface area contributed by atoms with Gasteiger partial charge in [-0.3, -0.25) is 9.69 Å². The molecule has 0 aromatic heterocycles. The molecule has 1 N–H and O–H groups in total. The average Bonchev–Trinajstić information content (AvgIpc) is 2.51. The predicted molar refractivity (Wildman–Crippen MR) is 100 cm³/mol. The van der Waals surface area contributed by atoms with E-state index in [1.165, 1.54) is 12.8 Å². The maximum Gasteiger partial charge on any atom is 0.241 e. The van der Waals surface area contributed by atoms with Gasteiger partial charge in [0.25, 0.3) is 0 Å². The van der Waals surface area contributed by atoms with Gasteiger partial charge in [-0.2, -0.15) is 0 Å². The number of carbonyl (C=O) groups is 1. The van der Waals surface area contributed by atoms with Crippen LogP contribution in [0.2, 0.25) is 0 Å². The Morgan fingerprint density at radius 3 is 2.48 bits per heavy atom. The van der Waals surface area contributed by atoms with Crippen LogP contribution < -0.4 is 5.32 Å². The highest BCUT2D eigenvalue weighted by Crippen LogP contribution is 2.27. The van der Waals surface area contributed by atoms with Crippen LogP contribution in [0, 0.1) is 19.8 Å². The minimum Gasteiger partial charge on any atom is -0.324 e. The van der Waals surface area contributed by atoms with E-state index >= 15 is 0 Å². The molecule has 4 heteroatoms. The van der Waals surface area contributed by atoms with Crippen LogP contribution in [0.15, 0.2) is 18.2 Å². The molecule has 130 valence electrons. The highest BCUT2D eigenvalue weighted by Gasteiger charge is 2.32. The molecule has 2 atom stereocenters. The number of likely N-dealkylation sites (tertiary alicyclic amines) is 1. The lowest BCUT2D eigenvalue weighted by molar-refractivity contribution is -0.123. The molecule has 1 heterocycles. The summed E-state index contributed by atoms with van der Waals surface area (Å²) in [6.45, 7) is 10.6. The molecular formula is C19H31ClN2O. The van der Waals surface area contributed by atoms with Crippen LogP contribution in [0.5, 0.6) is 0 Å². The van der Waals surface area contributed by atoms with Crippen molar-refractivity contribution in [2.24, 2.45) is 5.92 Å². The van der Waals surface area contributed by atoms with Gasteiger partial charge in [0.2, 0.25) is 5.91 Å². The quantitative estimate of drug-likeness (QED) is 0.853. The van der Waals surface area contributed by atoms with E-state index in [2.05, 4.69) is 50.0 Å². The van der Waals surface area contributed by atoms with Crippen molar-refractivity contribution in [2.75, 3.05) is 18.4 Å². The van der Waals surface area contributed by atoms with Gasteiger partial charge in [-0.25, -0.2) is 0 Å². The summed E-state index contributed by atoms with van der Waals surface area (Å²) < 4.78 is 0. The van der Waals surface area contributed by atoms with Crippen LogP contribution >= 0.6 is 12.4 Å². The number of para-hydroxylation sites is 1. The van der Waals surface area contributed by atoms with Crippen molar-refractivity contribution in [2.45, 2.75) is 59.4 Å². The second-order valence-electron chi connectivity index (χ2n) is 6.61. The van der Waals surface area contributed by atoms with E-state index in [9.17, 15) is 4.79 Å². The normalized spacial score (nSPS) is 21.6. The van der Waals surface area contributed by atoms with Gasteiger partial charge in [0, 0.05) is 5.69 Å². The second-order valence-corrected chi connectivity index (χ2v) is 6.61. The molecule has 0 saturated carbocycles. The van der Waals surface area contributed by atoms with Gasteiger partial charge in [-0.05, 0) is 63.2 Å². The number of nitrogens with one attached hydrogen (secondary N) is 1. The molecule has 1 aliphatic rings. The number of anilines is 1. The number of amides is 1. The number of hydrogen-bond acceptors (Lipinski definition) is 2. The Morgan fingerprint density at radius 2 is 1.91 bits per heavy atom. The van der Waals surface area contributed by atoms with Gasteiger partial charge in [-0.15, -0.1) is 12.4 Å². The molecule has 2 rings (SSSR count). The first kappa shape index (κ1) is 20.0. The Balaban J connectivity index is 0.00000264. The number of benzene rings is 1. The van der Waals surface area contributed by atoms with Crippen LogP contribution in [-0.4, -0.2) is 29.9 Å². The minimum absolute atomic E-state index is 0. The summed E-state index contributed by atoms with van der Waals surface area (Å²) in [6.07, 6.45) is 4.49. The van der Waals surface area contributed by atoms with Crippen molar-refractivity contribution in [1.82, 2.24) is 4.90 Å². The summed E-state index contributed by atoms with van der Waals surface area (Å²) in [5.74, 6) is 0.853. The lowest BCUT2D eigenvalue weighted by Crippen LogP contribution is -2.49. The molecule has 0 radical (unpaired) electrons. The largest absolute Gasteiger partial charge is 0.324 e. The Hall–Kier alpha value is -1.06. The Morgan fingerprint density at radius 1 is 1.26 bits per heavy atom. The fourth-order valence-electron chi connectivity index (χ4n) is 3.50. The minimum atomic E-state index is 0. The average molecular weight is 339 g/mol. The molecule has 0 aliphatic carbocycles. The number of hydrogen-bond donors (Lipinski definition) is 1. The third-order valence-corrected chi connectivity index (χ3v) is 4.94. The van der Waals surface area contributed by atoms with E-state index in [0.717, 1.165) is 42.7 Å². The molecule has 1 saturated heterocycles. The molecule has 1 fully saturated rings. The van der Waals surface area contributed by atoms with Crippen molar-refractivity contribution < 1.29 is 4.79 Å². The van der Waals surface area contributed by atoms with Crippen molar-refractivity contribution in [3.8, 4) is 0 Å². The number of carbonyl (C=O) groups excluding carboxylic acids is 1. The fourth-order valence-corrected chi connectivity index (χ4v) is 3.50. The molecule has 1 aromatic carbocycles. The van der Waals surface area contributed by atoms with E-state index in [1.807, 2.05) is 6.07 Å². The zero-order valence-corrected chi connectivity index (χ0v) is 15.7. The monoisotopic (exact) mass is 338 g/mol. The number of rotatable bonds is 5. The van der Waals surface area contributed by atoms with Crippen LogP contribution in [0.4, 0.5) is 5.69 Å². The molecule has 0 spiro atoms. The van der Waals surface area contributed by atoms with Gasteiger partial charge < -0.3 is 5.32 Å². The second kappa shape index (κ2) is 9.29. The summed E-state index contributed by atoms with van der Waals surface area (Å²) in [7, 11) is 0. The van der Waals surface area contributed by atoms with Gasteiger partial charge in [-0.1, -0.05) is 38.5 Å². The standard InChI is InChI=1S/C19H30N2O.ClH/c1-5-11-21-12-10-16(6-2)13-17(21)19(22)20-18-14(3)8-7-9-15(18)4;/h7-9,16-17H,5-6,10-13H2,1-4H3,(H,20,22);1H/t16-,17+;/m1./s1. The number of halogens is 1. The van der Waals surface area contributed by atoms with Crippen LogP contribution in [0.25, 0.3) is 0 Å². The van der Waals surface area contributed by atoms with Gasteiger partial charge in [0.1, 0.15) is 0 Å². The van der Waals surface area contributed by atoms with E-state index in [0.29, 0.717) is 5.92 Å². The van der Waals surface area contributed by atoms with E-state index in [1.54, 1.807) is 0 Å². The maximum atomic E-state index is 12.9. The topological polar surface area (TPSA) is 32.3 Å². The van der Waals surface area contributed by atoms with E-state index in [4.69, 9.17) is 0 Å². The summed E-state index contributed by atoms with van der Waals surface area (Å²) in [5.41, 5.74) is 3.26. The van der Waals surface area contributed by atoms with Gasteiger partial charge in [0.05, 0.1) is 6.04 Å². The summed E-state index contributed by atoms with van der Waals surface area (Å²) in [6, 6.07) is 6.18. The van der Waals surface area contributed by atoms with Gasteiger partial charge >= 0.3 is 0 Å². The molecule has 3 nitrogen and oxygen atoms in total. The first-order valence-electron chi connectivity index (χ1n) is 8.67. The van der Waals surface area contributed by atoms with E-state index < -0.39 is 0 Å². The number of nitrogens with zero attached hydrogens (tertiary/aromatic N) is 1. The molecule has 1 amide bonds.